The minimum atomic E-state index is -0.414. The predicted octanol–water partition coefficient (Wildman–Crippen LogP) is 2.82. The molecule has 0 unspecified atom stereocenters. The number of carbonyl (C=O) groups is 1. The van der Waals surface area contributed by atoms with Gasteiger partial charge in [-0.1, -0.05) is 26.0 Å². The van der Waals surface area contributed by atoms with Gasteiger partial charge >= 0.3 is 5.97 Å². The van der Waals surface area contributed by atoms with Crippen LogP contribution in [-0.2, 0) is 14.3 Å². The van der Waals surface area contributed by atoms with Crippen molar-refractivity contribution >= 4 is 5.97 Å². The molecule has 0 saturated heterocycles. The van der Waals surface area contributed by atoms with Crippen LogP contribution < -0.4 is 0 Å². The van der Waals surface area contributed by atoms with Crippen LogP contribution in [0.3, 0.4) is 0 Å². The van der Waals surface area contributed by atoms with E-state index in [1.54, 1.807) is 26.0 Å². The molecule has 0 amide bonds. The van der Waals surface area contributed by atoms with E-state index in [-0.39, 0.29) is 11.9 Å². The lowest BCUT2D eigenvalue weighted by Gasteiger charge is -2.15. The van der Waals surface area contributed by atoms with Gasteiger partial charge in [0.2, 0.25) is 5.76 Å². The first-order valence-electron chi connectivity index (χ1n) is 5.32. The Hall–Kier alpha value is -1.25. The van der Waals surface area contributed by atoms with Gasteiger partial charge in [0.1, 0.15) is 6.10 Å². The summed E-state index contributed by atoms with van der Waals surface area (Å²) in [4.78, 5) is 11.4. The second kappa shape index (κ2) is 8.09. The van der Waals surface area contributed by atoms with Crippen molar-refractivity contribution in [2.45, 2.75) is 39.7 Å². The van der Waals surface area contributed by atoms with E-state index in [9.17, 15) is 4.79 Å². The van der Waals surface area contributed by atoms with E-state index in [1.807, 2.05) is 0 Å². The SMILES string of the molecule is C=C[C@@H](CCC)O/C(=C\C)C(=O)OCC. The Labute approximate surface area is 91.8 Å². The van der Waals surface area contributed by atoms with Crippen LogP contribution >= 0.6 is 0 Å². The number of ether oxygens (including phenoxy) is 2. The van der Waals surface area contributed by atoms with Gasteiger partial charge in [0.25, 0.3) is 0 Å². The Morgan fingerprint density at radius 3 is 2.53 bits per heavy atom. The average Bonchev–Trinajstić information content (AvgIpc) is 2.24. The van der Waals surface area contributed by atoms with Gasteiger partial charge in [-0.05, 0) is 26.3 Å². The third-order valence-corrected chi connectivity index (χ3v) is 1.85. The summed E-state index contributed by atoms with van der Waals surface area (Å²) in [6.07, 6.45) is 5.03. The van der Waals surface area contributed by atoms with Crippen molar-refractivity contribution in [1.82, 2.24) is 0 Å². The summed E-state index contributed by atoms with van der Waals surface area (Å²) in [5, 5.41) is 0. The number of rotatable bonds is 7. The van der Waals surface area contributed by atoms with Crippen molar-refractivity contribution in [2.75, 3.05) is 6.61 Å². The van der Waals surface area contributed by atoms with Crippen molar-refractivity contribution in [1.29, 1.82) is 0 Å². The van der Waals surface area contributed by atoms with Gasteiger partial charge in [0.15, 0.2) is 0 Å². The zero-order valence-corrected chi connectivity index (χ0v) is 9.79. The summed E-state index contributed by atoms with van der Waals surface area (Å²) < 4.78 is 10.3. The second-order valence-corrected chi connectivity index (χ2v) is 3.05. The molecule has 1 atom stereocenters. The van der Waals surface area contributed by atoms with E-state index in [0.29, 0.717) is 6.61 Å². The lowest BCUT2D eigenvalue weighted by Crippen LogP contribution is -2.16. The maximum absolute atomic E-state index is 11.4. The van der Waals surface area contributed by atoms with E-state index < -0.39 is 5.97 Å². The minimum Gasteiger partial charge on any atom is -0.479 e. The molecule has 86 valence electrons. The van der Waals surface area contributed by atoms with Crippen LogP contribution in [0.25, 0.3) is 0 Å². The third kappa shape index (κ3) is 5.25. The van der Waals surface area contributed by atoms with Crippen LogP contribution in [-0.4, -0.2) is 18.7 Å². The number of hydrogen-bond acceptors (Lipinski definition) is 3. The standard InChI is InChI=1S/C12H20O3/c1-5-9-10(6-2)15-11(7-3)12(13)14-8-4/h6-7,10H,2,5,8-9H2,1,3-4H3/b11-7-/t10-/m0/s1. The van der Waals surface area contributed by atoms with Crippen LogP contribution in [0, 0.1) is 0 Å². The summed E-state index contributed by atoms with van der Waals surface area (Å²) in [5.41, 5.74) is 0. The van der Waals surface area contributed by atoms with Crippen molar-refractivity contribution in [3.63, 3.8) is 0 Å². The number of carbonyl (C=O) groups excluding carboxylic acids is 1. The molecule has 0 saturated carbocycles. The molecule has 3 heteroatoms. The molecular weight excluding hydrogens is 192 g/mol. The Bertz CT molecular complexity index is 231. The molecule has 0 radical (unpaired) electrons. The van der Waals surface area contributed by atoms with Crippen molar-refractivity contribution in [3.05, 3.63) is 24.5 Å². The molecule has 3 nitrogen and oxygen atoms in total. The van der Waals surface area contributed by atoms with E-state index >= 15 is 0 Å². The minimum absolute atomic E-state index is 0.120. The number of esters is 1. The Morgan fingerprint density at radius 1 is 1.47 bits per heavy atom. The van der Waals surface area contributed by atoms with E-state index in [1.165, 1.54) is 0 Å². The first-order chi connectivity index (χ1) is 7.19. The highest BCUT2D eigenvalue weighted by atomic mass is 16.6. The van der Waals surface area contributed by atoms with Gasteiger partial charge in [-0.3, -0.25) is 0 Å². The first kappa shape index (κ1) is 13.8. The first-order valence-corrected chi connectivity index (χ1v) is 5.32. The molecule has 0 rings (SSSR count). The molecular formula is C12H20O3. The smallest absolute Gasteiger partial charge is 0.373 e. The molecule has 0 aliphatic carbocycles. The maximum atomic E-state index is 11.4. The zero-order valence-electron chi connectivity index (χ0n) is 9.79. The molecule has 0 N–H and O–H groups in total. The molecule has 0 aromatic carbocycles. The zero-order chi connectivity index (χ0) is 11.7. The van der Waals surface area contributed by atoms with Gasteiger partial charge in [-0.15, -0.1) is 0 Å². The fraction of sp³-hybridized carbons (Fsp3) is 0.583. The van der Waals surface area contributed by atoms with Crippen molar-refractivity contribution in [3.8, 4) is 0 Å². The molecule has 0 aromatic heterocycles. The summed E-state index contributed by atoms with van der Waals surface area (Å²) in [5.74, 6) is -0.154. The lowest BCUT2D eigenvalue weighted by atomic mass is 10.2. The molecule has 0 spiro atoms. The fourth-order valence-electron chi connectivity index (χ4n) is 1.11. The number of hydrogen-bond donors (Lipinski definition) is 0. The van der Waals surface area contributed by atoms with Gasteiger partial charge < -0.3 is 9.47 Å². The van der Waals surface area contributed by atoms with Gasteiger partial charge in [0, 0.05) is 0 Å². The Balaban J connectivity index is 4.31. The van der Waals surface area contributed by atoms with Crippen LogP contribution in [0.5, 0.6) is 0 Å². The Morgan fingerprint density at radius 2 is 2.13 bits per heavy atom. The quantitative estimate of drug-likeness (QED) is 0.282. The van der Waals surface area contributed by atoms with E-state index in [4.69, 9.17) is 9.47 Å². The molecule has 0 heterocycles. The summed E-state index contributed by atoms with van der Waals surface area (Å²) in [6.45, 7) is 9.59. The monoisotopic (exact) mass is 212 g/mol. The number of allylic oxidation sites excluding steroid dienone is 1. The van der Waals surface area contributed by atoms with Crippen LogP contribution in [0.15, 0.2) is 24.5 Å². The fourth-order valence-corrected chi connectivity index (χ4v) is 1.11. The van der Waals surface area contributed by atoms with Crippen LogP contribution in [0.4, 0.5) is 0 Å². The average molecular weight is 212 g/mol. The molecule has 0 aromatic rings. The van der Waals surface area contributed by atoms with Crippen molar-refractivity contribution in [2.24, 2.45) is 0 Å². The maximum Gasteiger partial charge on any atom is 0.373 e. The van der Waals surface area contributed by atoms with E-state index in [2.05, 4.69) is 13.5 Å². The second-order valence-electron chi connectivity index (χ2n) is 3.05. The Kier molecular flexibility index (Phi) is 7.42. The van der Waals surface area contributed by atoms with Gasteiger partial charge in [-0.2, -0.15) is 0 Å². The molecule has 15 heavy (non-hydrogen) atoms. The normalized spacial score (nSPS) is 13.1. The van der Waals surface area contributed by atoms with Gasteiger partial charge in [0.05, 0.1) is 6.61 Å². The highest BCUT2D eigenvalue weighted by Gasteiger charge is 2.14. The molecule has 0 aliphatic rings. The highest BCUT2D eigenvalue weighted by Crippen LogP contribution is 2.10. The summed E-state index contributed by atoms with van der Waals surface area (Å²) in [7, 11) is 0. The topological polar surface area (TPSA) is 35.5 Å². The van der Waals surface area contributed by atoms with Crippen LogP contribution in [0.2, 0.25) is 0 Å². The van der Waals surface area contributed by atoms with E-state index in [0.717, 1.165) is 12.8 Å². The molecule has 0 fully saturated rings. The summed E-state index contributed by atoms with van der Waals surface area (Å²) in [6, 6.07) is 0. The molecule has 0 bridgehead atoms. The largest absolute Gasteiger partial charge is 0.479 e. The van der Waals surface area contributed by atoms with Crippen LogP contribution in [0.1, 0.15) is 33.6 Å². The molecule has 0 aliphatic heterocycles. The summed E-state index contributed by atoms with van der Waals surface area (Å²) >= 11 is 0. The lowest BCUT2D eigenvalue weighted by molar-refractivity contribution is -0.143. The van der Waals surface area contributed by atoms with Crippen molar-refractivity contribution < 1.29 is 14.3 Å². The third-order valence-electron chi connectivity index (χ3n) is 1.85. The van der Waals surface area contributed by atoms with Gasteiger partial charge in [-0.25, -0.2) is 4.79 Å². The predicted molar refractivity (Wildman–Crippen MR) is 60.4 cm³/mol. The highest BCUT2D eigenvalue weighted by molar-refractivity contribution is 5.86.